The summed E-state index contributed by atoms with van der Waals surface area (Å²) in [4.78, 5) is 12.0. The number of carbonyl (C=O) groups excluding carboxylic acids is 1. The Bertz CT molecular complexity index is 535. The van der Waals surface area contributed by atoms with Gasteiger partial charge in [0.25, 0.3) is 5.91 Å². The first-order valence-corrected chi connectivity index (χ1v) is 5.58. The lowest BCUT2D eigenvalue weighted by atomic mass is 10.1. The van der Waals surface area contributed by atoms with Crippen LogP contribution in [-0.2, 0) is 6.54 Å². The molecule has 1 amide bonds. The van der Waals surface area contributed by atoms with Crippen LogP contribution in [0.5, 0.6) is 0 Å². The molecular weight excluding hydrogens is 230 g/mol. The fourth-order valence-corrected chi connectivity index (χ4v) is 1.65. The highest BCUT2D eigenvalue weighted by molar-refractivity contribution is 5.99. The predicted octanol–water partition coefficient (Wildman–Crippen LogP) is 1.80. The average molecular weight is 245 g/mol. The Morgan fingerprint density at radius 3 is 2.89 bits per heavy atom. The molecule has 5 nitrogen and oxygen atoms in total. The summed E-state index contributed by atoms with van der Waals surface area (Å²) < 4.78 is 5.15. The molecule has 5 heteroatoms. The second kappa shape index (κ2) is 5.37. The molecule has 0 atom stereocenters. The molecular formula is C13H15N3O2. The summed E-state index contributed by atoms with van der Waals surface area (Å²) in [6.07, 6.45) is 1.57. The van der Waals surface area contributed by atoms with E-state index in [4.69, 9.17) is 10.3 Å². The van der Waals surface area contributed by atoms with Crippen molar-refractivity contribution in [3.8, 4) is 0 Å². The van der Waals surface area contributed by atoms with Gasteiger partial charge in [0.05, 0.1) is 24.1 Å². The van der Waals surface area contributed by atoms with Crippen LogP contribution in [0, 0.1) is 6.92 Å². The molecule has 0 aliphatic heterocycles. The average Bonchev–Trinajstić information content (AvgIpc) is 2.89. The molecule has 0 radical (unpaired) electrons. The van der Waals surface area contributed by atoms with Crippen LogP contribution in [0.1, 0.15) is 21.7 Å². The summed E-state index contributed by atoms with van der Waals surface area (Å²) >= 11 is 0. The predicted molar refractivity (Wildman–Crippen MR) is 68.9 cm³/mol. The van der Waals surface area contributed by atoms with Crippen molar-refractivity contribution in [1.29, 1.82) is 0 Å². The van der Waals surface area contributed by atoms with E-state index in [0.717, 1.165) is 5.56 Å². The van der Waals surface area contributed by atoms with Crippen molar-refractivity contribution in [2.24, 2.45) is 5.84 Å². The van der Waals surface area contributed by atoms with E-state index in [0.29, 0.717) is 23.6 Å². The number of carbonyl (C=O) groups is 1. The Kier molecular flexibility index (Phi) is 3.64. The molecule has 0 saturated heterocycles. The number of aryl methyl sites for hydroxylation is 1. The lowest BCUT2D eigenvalue weighted by molar-refractivity contribution is 0.0948. The number of hydrazine groups is 1. The minimum atomic E-state index is -0.192. The second-order valence-electron chi connectivity index (χ2n) is 3.96. The molecule has 94 valence electrons. The number of nitrogens with one attached hydrogen (secondary N) is 2. The summed E-state index contributed by atoms with van der Waals surface area (Å²) in [5, 5.41) is 2.78. The molecule has 1 aromatic carbocycles. The highest BCUT2D eigenvalue weighted by atomic mass is 16.3. The van der Waals surface area contributed by atoms with Gasteiger partial charge in [0.2, 0.25) is 0 Å². The molecule has 0 aliphatic rings. The van der Waals surface area contributed by atoms with Crippen LogP contribution < -0.4 is 16.6 Å². The van der Waals surface area contributed by atoms with E-state index in [1.54, 1.807) is 30.5 Å². The molecule has 1 aromatic heterocycles. The minimum absolute atomic E-state index is 0.192. The van der Waals surface area contributed by atoms with E-state index >= 15 is 0 Å². The first-order valence-electron chi connectivity index (χ1n) is 5.58. The monoisotopic (exact) mass is 245 g/mol. The number of benzene rings is 1. The maximum atomic E-state index is 12.0. The van der Waals surface area contributed by atoms with E-state index in [1.165, 1.54) is 0 Å². The van der Waals surface area contributed by atoms with Crippen LogP contribution in [0.15, 0.2) is 41.0 Å². The van der Waals surface area contributed by atoms with Gasteiger partial charge in [-0.15, -0.1) is 0 Å². The number of nitrogens with two attached hydrogens (primary N) is 1. The van der Waals surface area contributed by atoms with Crippen LogP contribution in [-0.4, -0.2) is 5.91 Å². The molecule has 0 saturated carbocycles. The Labute approximate surface area is 105 Å². The SMILES string of the molecule is Cc1ccc(NN)c(C(=O)NCc2ccco2)c1. The van der Waals surface area contributed by atoms with Crippen LogP contribution in [0.25, 0.3) is 0 Å². The topological polar surface area (TPSA) is 80.3 Å². The lowest BCUT2D eigenvalue weighted by Crippen LogP contribution is -2.24. The number of nitrogen functional groups attached to an aromatic ring is 1. The molecule has 2 rings (SSSR count). The van der Waals surface area contributed by atoms with E-state index in [-0.39, 0.29) is 5.91 Å². The number of hydrogen-bond donors (Lipinski definition) is 3. The molecule has 0 unspecified atom stereocenters. The number of anilines is 1. The van der Waals surface area contributed by atoms with Gasteiger partial charge in [-0.25, -0.2) is 0 Å². The van der Waals surface area contributed by atoms with Crippen molar-refractivity contribution in [1.82, 2.24) is 5.32 Å². The van der Waals surface area contributed by atoms with Crippen LogP contribution in [0.3, 0.4) is 0 Å². The maximum absolute atomic E-state index is 12.0. The standard InChI is InChI=1S/C13H15N3O2/c1-9-4-5-12(16-14)11(7-9)13(17)15-8-10-3-2-6-18-10/h2-7,16H,8,14H2,1H3,(H,15,17). The molecule has 2 aromatic rings. The molecule has 0 fully saturated rings. The van der Waals surface area contributed by atoms with Crippen LogP contribution in [0.4, 0.5) is 5.69 Å². The molecule has 1 heterocycles. The Balaban J connectivity index is 2.10. The summed E-state index contributed by atoms with van der Waals surface area (Å²) in [7, 11) is 0. The highest BCUT2D eigenvalue weighted by Crippen LogP contribution is 2.16. The van der Waals surface area contributed by atoms with E-state index in [1.807, 2.05) is 13.0 Å². The van der Waals surface area contributed by atoms with Gasteiger partial charge in [0.15, 0.2) is 0 Å². The fraction of sp³-hybridized carbons (Fsp3) is 0.154. The Morgan fingerprint density at radius 2 is 2.22 bits per heavy atom. The lowest BCUT2D eigenvalue weighted by Gasteiger charge is -2.09. The summed E-state index contributed by atoms with van der Waals surface area (Å²) in [5.74, 6) is 5.90. The van der Waals surface area contributed by atoms with Gasteiger partial charge in [-0.2, -0.15) is 0 Å². The largest absolute Gasteiger partial charge is 0.467 e. The van der Waals surface area contributed by atoms with Crippen molar-refractivity contribution >= 4 is 11.6 Å². The highest BCUT2D eigenvalue weighted by Gasteiger charge is 2.11. The zero-order valence-corrected chi connectivity index (χ0v) is 10.1. The number of furan rings is 1. The second-order valence-corrected chi connectivity index (χ2v) is 3.96. The summed E-state index contributed by atoms with van der Waals surface area (Å²) in [6, 6.07) is 9.03. The zero-order chi connectivity index (χ0) is 13.0. The van der Waals surface area contributed by atoms with Crippen molar-refractivity contribution < 1.29 is 9.21 Å². The minimum Gasteiger partial charge on any atom is -0.467 e. The normalized spacial score (nSPS) is 10.1. The molecule has 4 N–H and O–H groups in total. The third-order valence-electron chi connectivity index (χ3n) is 2.58. The summed E-state index contributed by atoms with van der Waals surface area (Å²) in [5.41, 5.74) is 4.62. The number of rotatable bonds is 4. The van der Waals surface area contributed by atoms with E-state index < -0.39 is 0 Å². The zero-order valence-electron chi connectivity index (χ0n) is 10.1. The van der Waals surface area contributed by atoms with Gasteiger partial charge < -0.3 is 15.2 Å². The van der Waals surface area contributed by atoms with Crippen molar-refractivity contribution in [2.75, 3.05) is 5.43 Å². The van der Waals surface area contributed by atoms with E-state index in [2.05, 4.69) is 10.7 Å². The number of hydrogen-bond acceptors (Lipinski definition) is 4. The van der Waals surface area contributed by atoms with Crippen molar-refractivity contribution in [3.05, 3.63) is 53.5 Å². The van der Waals surface area contributed by atoms with Gasteiger partial charge in [-0.3, -0.25) is 10.6 Å². The number of amides is 1. The quantitative estimate of drug-likeness (QED) is 0.567. The first-order chi connectivity index (χ1) is 8.70. The van der Waals surface area contributed by atoms with Gasteiger partial charge in [0, 0.05) is 0 Å². The van der Waals surface area contributed by atoms with Gasteiger partial charge in [0.1, 0.15) is 5.76 Å². The van der Waals surface area contributed by atoms with Crippen molar-refractivity contribution in [2.45, 2.75) is 13.5 Å². The summed E-state index contributed by atoms with van der Waals surface area (Å²) in [6.45, 7) is 2.27. The van der Waals surface area contributed by atoms with Crippen LogP contribution >= 0.6 is 0 Å². The maximum Gasteiger partial charge on any atom is 0.253 e. The third kappa shape index (κ3) is 2.70. The Hall–Kier alpha value is -2.27. The molecule has 0 spiro atoms. The van der Waals surface area contributed by atoms with E-state index in [9.17, 15) is 4.79 Å². The van der Waals surface area contributed by atoms with Gasteiger partial charge in [-0.1, -0.05) is 11.6 Å². The molecule has 0 bridgehead atoms. The van der Waals surface area contributed by atoms with Gasteiger partial charge >= 0.3 is 0 Å². The third-order valence-corrected chi connectivity index (χ3v) is 2.58. The first kappa shape index (κ1) is 12.2. The fourth-order valence-electron chi connectivity index (χ4n) is 1.65. The molecule has 18 heavy (non-hydrogen) atoms. The molecule has 0 aliphatic carbocycles. The van der Waals surface area contributed by atoms with Crippen LogP contribution in [0.2, 0.25) is 0 Å². The van der Waals surface area contributed by atoms with Gasteiger partial charge in [-0.05, 0) is 31.2 Å². The Morgan fingerprint density at radius 1 is 1.39 bits per heavy atom. The van der Waals surface area contributed by atoms with Crippen molar-refractivity contribution in [3.63, 3.8) is 0 Å². The smallest absolute Gasteiger partial charge is 0.253 e.